The van der Waals surface area contributed by atoms with Gasteiger partial charge in [0.2, 0.25) is 0 Å². The van der Waals surface area contributed by atoms with Crippen LogP contribution in [0.2, 0.25) is 0 Å². The minimum absolute atomic E-state index is 0.219. The van der Waals surface area contributed by atoms with Crippen molar-refractivity contribution in [3.8, 4) is 5.75 Å². The lowest BCUT2D eigenvalue weighted by Gasteiger charge is -2.24. The summed E-state index contributed by atoms with van der Waals surface area (Å²) in [4.78, 5) is 0. The van der Waals surface area contributed by atoms with Gasteiger partial charge in [-0.15, -0.1) is 0 Å². The van der Waals surface area contributed by atoms with Crippen molar-refractivity contribution < 1.29 is 9.84 Å². The van der Waals surface area contributed by atoms with Crippen LogP contribution in [0.15, 0.2) is 12.1 Å². The molecule has 3 heteroatoms. The summed E-state index contributed by atoms with van der Waals surface area (Å²) in [5.74, 6) is 0.924. The number of ether oxygens (including phenoxy) is 1. The maximum Gasteiger partial charge on any atom is 0.125 e. The molecule has 0 saturated carbocycles. The van der Waals surface area contributed by atoms with Crippen LogP contribution in [0.25, 0.3) is 0 Å². The van der Waals surface area contributed by atoms with Crippen molar-refractivity contribution in [2.24, 2.45) is 11.7 Å². The first-order valence-electron chi connectivity index (χ1n) is 5.97. The lowest BCUT2D eigenvalue weighted by Crippen LogP contribution is -2.33. The molecule has 3 nitrogen and oxygen atoms in total. The number of nitrogens with two attached hydrogens (primary N) is 1. The van der Waals surface area contributed by atoms with E-state index in [1.165, 1.54) is 0 Å². The molecule has 0 aliphatic rings. The average Bonchev–Trinajstić information content (AvgIpc) is 2.29. The van der Waals surface area contributed by atoms with E-state index in [4.69, 9.17) is 10.5 Å². The van der Waals surface area contributed by atoms with Crippen LogP contribution in [-0.2, 0) is 0 Å². The summed E-state index contributed by atoms with van der Waals surface area (Å²) in [6, 6.07) is 3.62. The van der Waals surface area contributed by atoms with Gasteiger partial charge in [-0.05, 0) is 43.0 Å². The average molecular weight is 237 g/mol. The van der Waals surface area contributed by atoms with Gasteiger partial charge in [-0.25, -0.2) is 0 Å². The zero-order valence-electron chi connectivity index (χ0n) is 11.3. The zero-order chi connectivity index (χ0) is 13.2. The lowest BCUT2D eigenvalue weighted by molar-refractivity contribution is 0.122. The highest BCUT2D eigenvalue weighted by Crippen LogP contribution is 2.31. The second-order valence-electron chi connectivity index (χ2n) is 4.94. The van der Waals surface area contributed by atoms with Crippen LogP contribution in [0, 0.1) is 19.8 Å². The molecule has 2 atom stereocenters. The molecule has 17 heavy (non-hydrogen) atoms. The second-order valence-corrected chi connectivity index (χ2v) is 4.94. The highest BCUT2D eigenvalue weighted by molar-refractivity contribution is 5.43. The summed E-state index contributed by atoms with van der Waals surface area (Å²) in [5, 5.41) is 10.3. The Morgan fingerprint density at radius 3 is 2.18 bits per heavy atom. The van der Waals surface area contributed by atoms with E-state index in [2.05, 4.69) is 0 Å². The van der Waals surface area contributed by atoms with Gasteiger partial charge >= 0.3 is 0 Å². The number of hydrogen-bond acceptors (Lipinski definition) is 3. The first-order chi connectivity index (χ1) is 7.88. The number of rotatable bonds is 4. The Hall–Kier alpha value is -1.06. The number of methoxy groups -OCH3 is 1. The van der Waals surface area contributed by atoms with Crippen LogP contribution in [0.4, 0.5) is 0 Å². The van der Waals surface area contributed by atoms with E-state index in [0.717, 1.165) is 16.7 Å². The van der Waals surface area contributed by atoms with E-state index in [-0.39, 0.29) is 12.0 Å². The van der Waals surface area contributed by atoms with Crippen molar-refractivity contribution in [2.75, 3.05) is 7.11 Å². The zero-order valence-corrected chi connectivity index (χ0v) is 11.3. The van der Waals surface area contributed by atoms with Crippen LogP contribution in [-0.4, -0.2) is 18.3 Å². The quantitative estimate of drug-likeness (QED) is 0.845. The third-order valence-electron chi connectivity index (χ3n) is 3.30. The molecule has 0 bridgehead atoms. The van der Waals surface area contributed by atoms with Gasteiger partial charge in [0.1, 0.15) is 5.75 Å². The fraction of sp³-hybridized carbons (Fsp3) is 0.571. The molecule has 96 valence electrons. The number of aryl methyl sites for hydroxylation is 2. The Kier molecular flexibility index (Phi) is 4.54. The fourth-order valence-corrected chi connectivity index (χ4v) is 1.79. The van der Waals surface area contributed by atoms with E-state index in [0.29, 0.717) is 5.75 Å². The van der Waals surface area contributed by atoms with Crippen molar-refractivity contribution in [3.05, 3.63) is 28.8 Å². The van der Waals surface area contributed by atoms with Gasteiger partial charge in [-0.2, -0.15) is 0 Å². The standard InChI is InChI=1S/C14H23NO2/c1-8(2)13(15)14(16)11-6-9(3)10(4)7-12(11)17-5/h6-8,13-14,16H,15H2,1-5H3. The predicted octanol–water partition coefficient (Wildman–Crippen LogP) is 2.33. The molecule has 3 N–H and O–H groups in total. The van der Waals surface area contributed by atoms with Crippen LogP contribution in [0.3, 0.4) is 0 Å². The van der Waals surface area contributed by atoms with Gasteiger partial charge in [0.25, 0.3) is 0 Å². The summed E-state index contributed by atoms with van der Waals surface area (Å²) in [6.45, 7) is 8.05. The highest BCUT2D eigenvalue weighted by atomic mass is 16.5. The summed E-state index contributed by atoms with van der Waals surface area (Å²) in [5.41, 5.74) is 9.06. The molecule has 0 aliphatic carbocycles. The fourth-order valence-electron chi connectivity index (χ4n) is 1.79. The Morgan fingerprint density at radius 1 is 1.18 bits per heavy atom. The first-order valence-corrected chi connectivity index (χ1v) is 5.97. The number of hydrogen-bond donors (Lipinski definition) is 2. The molecule has 0 amide bonds. The molecule has 0 saturated heterocycles. The largest absolute Gasteiger partial charge is 0.496 e. The summed E-state index contributed by atoms with van der Waals surface area (Å²) in [7, 11) is 1.61. The molecule has 1 aromatic rings. The Bertz CT molecular complexity index is 388. The van der Waals surface area contributed by atoms with E-state index >= 15 is 0 Å². The van der Waals surface area contributed by atoms with Crippen molar-refractivity contribution in [2.45, 2.75) is 39.8 Å². The van der Waals surface area contributed by atoms with Crippen LogP contribution < -0.4 is 10.5 Å². The van der Waals surface area contributed by atoms with Crippen molar-refractivity contribution in [1.29, 1.82) is 0 Å². The smallest absolute Gasteiger partial charge is 0.125 e. The monoisotopic (exact) mass is 237 g/mol. The molecule has 2 unspecified atom stereocenters. The van der Waals surface area contributed by atoms with Crippen molar-refractivity contribution in [3.63, 3.8) is 0 Å². The second kappa shape index (κ2) is 5.52. The molecular formula is C14H23NO2. The van der Waals surface area contributed by atoms with Crippen LogP contribution in [0.1, 0.15) is 36.6 Å². The van der Waals surface area contributed by atoms with Gasteiger partial charge < -0.3 is 15.6 Å². The van der Waals surface area contributed by atoms with E-state index < -0.39 is 6.10 Å². The Morgan fingerprint density at radius 2 is 1.71 bits per heavy atom. The van der Waals surface area contributed by atoms with E-state index in [1.54, 1.807) is 7.11 Å². The number of benzene rings is 1. The molecular weight excluding hydrogens is 214 g/mol. The van der Waals surface area contributed by atoms with Crippen molar-refractivity contribution >= 4 is 0 Å². The van der Waals surface area contributed by atoms with Gasteiger partial charge in [0.05, 0.1) is 13.2 Å². The van der Waals surface area contributed by atoms with E-state index in [9.17, 15) is 5.11 Å². The predicted molar refractivity (Wildman–Crippen MR) is 70.2 cm³/mol. The molecule has 0 fully saturated rings. The molecule has 0 aliphatic heterocycles. The topological polar surface area (TPSA) is 55.5 Å². The van der Waals surface area contributed by atoms with Crippen molar-refractivity contribution in [1.82, 2.24) is 0 Å². The molecule has 0 spiro atoms. The normalized spacial score (nSPS) is 14.8. The molecule has 1 aromatic carbocycles. The summed E-state index contributed by atoms with van der Waals surface area (Å²) >= 11 is 0. The molecule has 0 radical (unpaired) electrons. The molecule has 0 heterocycles. The molecule has 1 rings (SSSR count). The highest BCUT2D eigenvalue weighted by Gasteiger charge is 2.23. The Balaban J connectivity index is 3.16. The van der Waals surface area contributed by atoms with Gasteiger partial charge in [0.15, 0.2) is 0 Å². The minimum atomic E-state index is -0.691. The van der Waals surface area contributed by atoms with Gasteiger partial charge in [-0.1, -0.05) is 13.8 Å². The van der Waals surface area contributed by atoms with Crippen LogP contribution >= 0.6 is 0 Å². The third-order valence-corrected chi connectivity index (χ3v) is 3.30. The maximum atomic E-state index is 10.3. The first kappa shape index (κ1) is 14.0. The number of aliphatic hydroxyl groups excluding tert-OH is 1. The maximum absolute atomic E-state index is 10.3. The van der Waals surface area contributed by atoms with Gasteiger partial charge in [-0.3, -0.25) is 0 Å². The van der Waals surface area contributed by atoms with Crippen LogP contribution in [0.5, 0.6) is 5.75 Å². The Labute approximate surface area is 104 Å². The lowest BCUT2D eigenvalue weighted by atomic mass is 9.92. The number of aliphatic hydroxyl groups is 1. The third kappa shape index (κ3) is 2.99. The summed E-state index contributed by atoms with van der Waals surface area (Å²) < 4.78 is 5.32. The van der Waals surface area contributed by atoms with E-state index in [1.807, 2.05) is 39.8 Å². The van der Waals surface area contributed by atoms with Gasteiger partial charge in [0, 0.05) is 11.6 Å². The SMILES string of the molecule is COc1cc(C)c(C)cc1C(O)C(N)C(C)C. The summed E-state index contributed by atoms with van der Waals surface area (Å²) in [6.07, 6.45) is -0.691. The molecule has 0 aromatic heterocycles. The minimum Gasteiger partial charge on any atom is -0.496 e.